The van der Waals surface area contributed by atoms with Crippen molar-refractivity contribution in [1.82, 2.24) is 10.3 Å². The second-order valence-electron chi connectivity index (χ2n) is 5.86. The Morgan fingerprint density at radius 1 is 1.23 bits per heavy atom. The third-order valence-corrected chi connectivity index (χ3v) is 3.55. The number of aliphatic hydroxyl groups excluding tert-OH is 1. The van der Waals surface area contributed by atoms with Gasteiger partial charge in [-0.2, -0.15) is 0 Å². The quantitative estimate of drug-likeness (QED) is 0.525. The minimum atomic E-state index is -1.41. The van der Waals surface area contributed by atoms with Crippen molar-refractivity contribution >= 4 is 35.0 Å². The Morgan fingerprint density at radius 2 is 2.00 bits per heavy atom. The van der Waals surface area contributed by atoms with Crippen LogP contribution in [0, 0.1) is 0 Å². The summed E-state index contributed by atoms with van der Waals surface area (Å²) < 4.78 is 0. The Bertz CT molecular complexity index is 781. The first kappa shape index (κ1) is 19.6. The molecule has 138 valence electrons. The Labute approximate surface area is 155 Å². The fraction of sp³-hybridized carbons (Fsp3) is 0.235. The highest BCUT2D eigenvalue weighted by Gasteiger charge is 2.19. The molecular weight excluding hydrogens is 360 g/mol. The molecule has 0 aliphatic carbocycles. The van der Waals surface area contributed by atoms with Crippen molar-refractivity contribution in [2.75, 3.05) is 23.8 Å². The van der Waals surface area contributed by atoms with Gasteiger partial charge in [0, 0.05) is 17.4 Å². The van der Waals surface area contributed by atoms with Crippen LogP contribution < -0.4 is 16.0 Å². The molecule has 5 N–H and O–H groups in total. The van der Waals surface area contributed by atoms with Crippen molar-refractivity contribution in [1.29, 1.82) is 0 Å². The fourth-order valence-electron chi connectivity index (χ4n) is 1.88. The molecule has 1 aromatic carbocycles. The Kier molecular flexibility index (Phi) is 6.51. The highest BCUT2D eigenvalue weighted by atomic mass is 35.5. The third-order valence-electron chi connectivity index (χ3n) is 3.32. The van der Waals surface area contributed by atoms with Gasteiger partial charge in [0.15, 0.2) is 0 Å². The highest BCUT2D eigenvalue weighted by molar-refractivity contribution is 6.30. The molecule has 1 atom stereocenters. The van der Waals surface area contributed by atoms with Gasteiger partial charge in [-0.05, 0) is 37.3 Å². The molecule has 1 heterocycles. The first-order chi connectivity index (χ1) is 12.3. The Balaban J connectivity index is 1.97. The van der Waals surface area contributed by atoms with Crippen molar-refractivity contribution in [2.24, 2.45) is 0 Å². The molecule has 9 heteroatoms. The summed E-state index contributed by atoms with van der Waals surface area (Å²) in [5.74, 6) is -0.0474. The zero-order valence-corrected chi connectivity index (χ0v) is 14.7. The van der Waals surface area contributed by atoms with Crippen molar-refractivity contribution < 1.29 is 19.8 Å². The number of urea groups is 1. The number of anilines is 2. The summed E-state index contributed by atoms with van der Waals surface area (Å²) in [6.07, 6.45) is 1.42. The lowest BCUT2D eigenvalue weighted by atomic mass is 10.1. The van der Waals surface area contributed by atoms with E-state index in [1.165, 1.54) is 19.2 Å². The number of amides is 3. The molecule has 0 aliphatic heterocycles. The van der Waals surface area contributed by atoms with Crippen LogP contribution in [0.1, 0.15) is 17.3 Å². The maximum atomic E-state index is 12.3. The smallest absolute Gasteiger partial charge is 0.319 e. The molecule has 1 aromatic heterocycles. The van der Waals surface area contributed by atoms with Crippen LogP contribution >= 0.6 is 11.6 Å². The summed E-state index contributed by atoms with van der Waals surface area (Å²) in [5.41, 5.74) is -0.699. The lowest BCUT2D eigenvalue weighted by molar-refractivity contribution is 0.00514. The average molecular weight is 379 g/mol. The molecule has 2 aromatic rings. The van der Waals surface area contributed by atoms with Crippen molar-refractivity contribution in [3.63, 3.8) is 0 Å². The zero-order chi connectivity index (χ0) is 19.2. The third kappa shape index (κ3) is 5.99. The summed E-state index contributed by atoms with van der Waals surface area (Å²) in [7, 11) is 0. The standard InChI is InChI=1S/C17H19ClN4O4/c1-17(26,10-23)9-20-16(25)21-13-4-2-3-11(7-13)15(24)22-14-6-5-12(18)8-19-14/h2-8,23,26H,9-10H2,1H3,(H,19,22,24)(H2,20,21,25). The van der Waals surface area contributed by atoms with Gasteiger partial charge in [0.2, 0.25) is 0 Å². The van der Waals surface area contributed by atoms with Crippen LogP contribution in [0.15, 0.2) is 42.6 Å². The molecule has 0 aliphatic rings. The van der Waals surface area contributed by atoms with E-state index in [-0.39, 0.29) is 6.54 Å². The number of nitrogens with one attached hydrogen (secondary N) is 3. The minimum Gasteiger partial charge on any atom is -0.393 e. The number of hydrogen-bond acceptors (Lipinski definition) is 5. The first-order valence-corrected chi connectivity index (χ1v) is 8.08. The summed E-state index contributed by atoms with van der Waals surface area (Å²) in [6.45, 7) is 0.780. The van der Waals surface area contributed by atoms with Gasteiger partial charge in [-0.15, -0.1) is 0 Å². The van der Waals surface area contributed by atoms with E-state index < -0.39 is 24.1 Å². The van der Waals surface area contributed by atoms with E-state index in [1.807, 2.05) is 0 Å². The zero-order valence-electron chi connectivity index (χ0n) is 14.0. The molecule has 0 spiro atoms. The van der Waals surface area contributed by atoms with Crippen LogP contribution in [0.25, 0.3) is 0 Å². The number of aliphatic hydroxyl groups is 2. The van der Waals surface area contributed by atoms with Gasteiger partial charge in [-0.1, -0.05) is 17.7 Å². The summed E-state index contributed by atoms with van der Waals surface area (Å²) >= 11 is 5.75. The van der Waals surface area contributed by atoms with Crippen LogP contribution in [-0.4, -0.2) is 45.9 Å². The number of carbonyl (C=O) groups is 2. The first-order valence-electron chi connectivity index (χ1n) is 7.70. The van der Waals surface area contributed by atoms with Gasteiger partial charge < -0.3 is 26.2 Å². The summed E-state index contributed by atoms with van der Waals surface area (Å²) in [5, 5.41) is 26.7. The average Bonchev–Trinajstić information content (AvgIpc) is 2.62. The molecule has 0 saturated heterocycles. The van der Waals surface area contributed by atoms with Gasteiger partial charge in [-0.3, -0.25) is 4.79 Å². The number of benzene rings is 1. The van der Waals surface area contributed by atoms with Gasteiger partial charge in [-0.25, -0.2) is 9.78 Å². The SMILES string of the molecule is CC(O)(CO)CNC(=O)Nc1cccc(C(=O)Nc2ccc(Cl)cn2)c1. The van der Waals surface area contributed by atoms with Crippen LogP contribution in [0.2, 0.25) is 5.02 Å². The Morgan fingerprint density at radius 3 is 2.65 bits per heavy atom. The maximum absolute atomic E-state index is 12.3. The van der Waals surface area contributed by atoms with Crippen molar-refractivity contribution in [2.45, 2.75) is 12.5 Å². The molecule has 0 saturated carbocycles. The van der Waals surface area contributed by atoms with Crippen molar-refractivity contribution in [3.8, 4) is 0 Å². The number of hydrogen-bond donors (Lipinski definition) is 5. The summed E-state index contributed by atoms with van der Waals surface area (Å²) in [6, 6.07) is 8.91. The molecule has 0 radical (unpaired) electrons. The highest BCUT2D eigenvalue weighted by Crippen LogP contribution is 2.14. The van der Waals surface area contributed by atoms with Gasteiger partial charge in [0.05, 0.1) is 18.2 Å². The van der Waals surface area contributed by atoms with E-state index >= 15 is 0 Å². The fourth-order valence-corrected chi connectivity index (χ4v) is 1.99. The van der Waals surface area contributed by atoms with Gasteiger partial charge in [0.25, 0.3) is 5.91 Å². The normalized spacial score (nSPS) is 12.8. The predicted molar refractivity (Wildman–Crippen MR) is 98.4 cm³/mol. The van der Waals surface area contributed by atoms with Crippen LogP contribution in [0.5, 0.6) is 0 Å². The number of carbonyl (C=O) groups excluding carboxylic acids is 2. The number of aromatic nitrogens is 1. The van der Waals surface area contributed by atoms with Crippen LogP contribution in [-0.2, 0) is 0 Å². The van der Waals surface area contributed by atoms with Crippen LogP contribution in [0.3, 0.4) is 0 Å². The van der Waals surface area contributed by atoms with E-state index in [1.54, 1.807) is 30.3 Å². The van der Waals surface area contributed by atoms with Crippen molar-refractivity contribution in [3.05, 3.63) is 53.2 Å². The molecule has 8 nitrogen and oxygen atoms in total. The molecular formula is C17H19ClN4O4. The van der Waals surface area contributed by atoms with E-state index in [4.69, 9.17) is 16.7 Å². The van der Waals surface area contributed by atoms with E-state index in [0.29, 0.717) is 22.1 Å². The number of pyridine rings is 1. The second kappa shape index (κ2) is 8.61. The lowest BCUT2D eigenvalue weighted by Gasteiger charge is -2.20. The molecule has 0 bridgehead atoms. The molecule has 1 unspecified atom stereocenters. The minimum absolute atomic E-state index is 0.127. The monoisotopic (exact) mass is 378 g/mol. The summed E-state index contributed by atoms with van der Waals surface area (Å²) in [4.78, 5) is 28.1. The maximum Gasteiger partial charge on any atom is 0.319 e. The van der Waals surface area contributed by atoms with E-state index in [9.17, 15) is 14.7 Å². The van der Waals surface area contributed by atoms with Gasteiger partial charge in [0.1, 0.15) is 11.4 Å². The van der Waals surface area contributed by atoms with E-state index in [2.05, 4.69) is 20.9 Å². The molecule has 26 heavy (non-hydrogen) atoms. The van der Waals surface area contributed by atoms with E-state index in [0.717, 1.165) is 0 Å². The molecule has 0 fully saturated rings. The topological polar surface area (TPSA) is 124 Å². The van der Waals surface area contributed by atoms with Crippen LogP contribution in [0.4, 0.5) is 16.3 Å². The number of halogens is 1. The second-order valence-corrected chi connectivity index (χ2v) is 6.30. The number of nitrogens with zero attached hydrogens (tertiary/aromatic N) is 1. The molecule has 3 amide bonds. The molecule has 2 rings (SSSR count). The van der Waals surface area contributed by atoms with Gasteiger partial charge >= 0.3 is 6.03 Å². The number of rotatable bonds is 6. The lowest BCUT2D eigenvalue weighted by Crippen LogP contribution is -2.44. The largest absolute Gasteiger partial charge is 0.393 e. The Hall–Kier alpha value is -2.68. The predicted octanol–water partition coefficient (Wildman–Crippen LogP) is 1.85.